The van der Waals surface area contributed by atoms with Crippen molar-refractivity contribution in [2.45, 2.75) is 38.5 Å². The molecule has 1 aromatic heterocycles. The van der Waals surface area contributed by atoms with Crippen LogP contribution in [0, 0.1) is 18.8 Å². The van der Waals surface area contributed by atoms with Crippen LogP contribution in [0.4, 0.5) is 0 Å². The Labute approximate surface area is 131 Å². The minimum atomic E-state index is 0.364. The van der Waals surface area contributed by atoms with Crippen LogP contribution in [0.3, 0.4) is 0 Å². The molecule has 3 aliphatic rings. The van der Waals surface area contributed by atoms with Gasteiger partial charge in [0.05, 0.1) is 18.9 Å². The van der Waals surface area contributed by atoms with Gasteiger partial charge in [0, 0.05) is 35.0 Å². The number of hydrogen-bond acceptors (Lipinski definition) is 2. The number of nitrogens with zero attached hydrogens (tertiary/aromatic N) is 2. The third-order valence-electron chi connectivity index (χ3n) is 6.53. The van der Waals surface area contributed by atoms with Gasteiger partial charge in [0.2, 0.25) is 0 Å². The van der Waals surface area contributed by atoms with Crippen LogP contribution in [0.1, 0.15) is 36.7 Å². The predicted molar refractivity (Wildman–Crippen MR) is 88.1 cm³/mol. The number of para-hydroxylation sites is 1. The van der Waals surface area contributed by atoms with Crippen LogP contribution in [-0.4, -0.2) is 35.8 Å². The molecular formula is C19H24N2O. The molecule has 0 N–H and O–H groups in total. The van der Waals surface area contributed by atoms with Gasteiger partial charge in [-0.2, -0.15) is 0 Å². The molecule has 4 heterocycles. The quantitative estimate of drug-likeness (QED) is 0.740. The Morgan fingerprint density at radius 3 is 2.91 bits per heavy atom. The van der Waals surface area contributed by atoms with E-state index in [-0.39, 0.29) is 0 Å². The van der Waals surface area contributed by atoms with Gasteiger partial charge in [0.1, 0.15) is 0 Å². The van der Waals surface area contributed by atoms with Gasteiger partial charge in [-0.05, 0) is 44.9 Å². The molecule has 1 aromatic carbocycles. The van der Waals surface area contributed by atoms with E-state index in [2.05, 4.69) is 54.6 Å². The lowest BCUT2D eigenvalue weighted by Gasteiger charge is -2.56. The second-order valence-corrected chi connectivity index (χ2v) is 7.47. The Kier molecular flexibility index (Phi) is 2.61. The van der Waals surface area contributed by atoms with Gasteiger partial charge < -0.3 is 9.30 Å². The van der Waals surface area contributed by atoms with Crippen molar-refractivity contribution in [1.29, 1.82) is 0 Å². The van der Waals surface area contributed by atoms with Crippen LogP contribution in [-0.2, 0) is 4.74 Å². The summed E-state index contributed by atoms with van der Waals surface area (Å²) in [5.74, 6) is 2.00. The summed E-state index contributed by atoms with van der Waals surface area (Å²) in [4.78, 5) is 2.55. The first-order valence-corrected chi connectivity index (χ1v) is 8.59. The SMILES string of the molecule is Cc1c2n(c3ccccc13)[C@H]1[C@@H]3[C@H](CCN1C)[C@H]2CO[C@H]3C. The summed E-state index contributed by atoms with van der Waals surface area (Å²) in [5.41, 5.74) is 4.43. The van der Waals surface area contributed by atoms with E-state index in [9.17, 15) is 0 Å². The molecule has 0 spiro atoms. The Balaban J connectivity index is 1.86. The molecule has 2 saturated heterocycles. The van der Waals surface area contributed by atoms with Crippen molar-refractivity contribution in [3.63, 3.8) is 0 Å². The van der Waals surface area contributed by atoms with E-state index in [4.69, 9.17) is 4.74 Å². The van der Waals surface area contributed by atoms with E-state index in [0.717, 1.165) is 12.5 Å². The number of piperidine rings is 1. The molecular weight excluding hydrogens is 272 g/mol. The van der Waals surface area contributed by atoms with Gasteiger partial charge in [-0.1, -0.05) is 18.2 Å². The molecule has 2 aromatic rings. The lowest BCUT2D eigenvalue weighted by atomic mass is 9.67. The smallest absolute Gasteiger partial charge is 0.0921 e. The summed E-state index contributed by atoms with van der Waals surface area (Å²) in [5, 5.41) is 1.43. The van der Waals surface area contributed by atoms with E-state index in [1.165, 1.54) is 29.4 Å². The third kappa shape index (κ3) is 1.44. The third-order valence-corrected chi connectivity index (χ3v) is 6.53. The molecule has 3 nitrogen and oxygen atoms in total. The summed E-state index contributed by atoms with van der Waals surface area (Å²) in [7, 11) is 2.29. The van der Waals surface area contributed by atoms with Crippen LogP contribution < -0.4 is 0 Å². The Morgan fingerprint density at radius 1 is 1.23 bits per heavy atom. The number of hydrogen-bond donors (Lipinski definition) is 0. The number of fused-ring (bicyclic) bond motifs is 5. The van der Waals surface area contributed by atoms with Crippen LogP contribution >= 0.6 is 0 Å². The lowest BCUT2D eigenvalue weighted by Crippen LogP contribution is -2.57. The fraction of sp³-hybridized carbons (Fsp3) is 0.579. The number of benzene rings is 1. The predicted octanol–water partition coefficient (Wildman–Crippen LogP) is 3.53. The maximum absolute atomic E-state index is 6.20. The van der Waals surface area contributed by atoms with E-state index in [0.29, 0.717) is 24.1 Å². The van der Waals surface area contributed by atoms with E-state index in [1.807, 2.05) is 0 Å². The highest BCUT2D eigenvalue weighted by molar-refractivity contribution is 5.86. The minimum absolute atomic E-state index is 0.364. The maximum Gasteiger partial charge on any atom is 0.0921 e. The first-order chi connectivity index (χ1) is 10.7. The number of likely N-dealkylation sites (tertiary alicyclic amines) is 1. The highest BCUT2D eigenvalue weighted by Crippen LogP contribution is 2.55. The van der Waals surface area contributed by atoms with Gasteiger partial charge in [-0.3, -0.25) is 4.90 Å². The molecule has 5 atom stereocenters. The Hall–Kier alpha value is -1.32. The Bertz CT molecular complexity index is 749. The first-order valence-electron chi connectivity index (χ1n) is 8.59. The van der Waals surface area contributed by atoms with Gasteiger partial charge >= 0.3 is 0 Å². The fourth-order valence-corrected chi connectivity index (χ4v) is 5.58. The zero-order valence-corrected chi connectivity index (χ0v) is 13.6. The van der Waals surface area contributed by atoms with Crippen molar-refractivity contribution in [2.24, 2.45) is 11.8 Å². The van der Waals surface area contributed by atoms with Crippen LogP contribution in [0.5, 0.6) is 0 Å². The van der Waals surface area contributed by atoms with Crippen LogP contribution in [0.25, 0.3) is 10.9 Å². The molecule has 0 amide bonds. The zero-order chi connectivity index (χ0) is 15.0. The fourth-order valence-electron chi connectivity index (χ4n) is 5.58. The van der Waals surface area contributed by atoms with Crippen LogP contribution in [0.2, 0.25) is 0 Å². The molecule has 2 fully saturated rings. The van der Waals surface area contributed by atoms with Gasteiger partial charge in [0.15, 0.2) is 0 Å². The molecule has 3 heteroatoms. The average Bonchev–Trinajstić information content (AvgIpc) is 2.81. The molecule has 5 rings (SSSR count). The second kappa shape index (κ2) is 4.36. The first kappa shape index (κ1) is 13.1. The number of aryl methyl sites for hydroxylation is 1. The summed E-state index contributed by atoms with van der Waals surface area (Å²) in [6.07, 6.45) is 2.14. The van der Waals surface area contributed by atoms with E-state index in [1.54, 1.807) is 5.69 Å². The molecule has 0 aliphatic carbocycles. The molecule has 0 unspecified atom stereocenters. The molecule has 3 aliphatic heterocycles. The Morgan fingerprint density at radius 2 is 2.05 bits per heavy atom. The van der Waals surface area contributed by atoms with Crippen molar-refractivity contribution < 1.29 is 4.74 Å². The second-order valence-electron chi connectivity index (χ2n) is 7.47. The highest BCUT2D eigenvalue weighted by atomic mass is 16.5. The number of rotatable bonds is 0. The minimum Gasteiger partial charge on any atom is -0.377 e. The molecule has 0 radical (unpaired) electrons. The van der Waals surface area contributed by atoms with Crippen molar-refractivity contribution in [3.8, 4) is 0 Å². The standard InChI is InChI=1S/C19H24N2O/c1-11-13-6-4-5-7-16(13)21-18(11)15-10-22-12(2)17-14(15)8-9-20(3)19(17)21/h4-7,12,14-15,17,19H,8-10H2,1-3H3/t12-,14+,15+,17-,19-/m0/s1. The summed E-state index contributed by atoms with van der Waals surface area (Å²) >= 11 is 0. The molecule has 0 saturated carbocycles. The molecule has 116 valence electrons. The summed E-state index contributed by atoms with van der Waals surface area (Å²) < 4.78 is 8.86. The van der Waals surface area contributed by atoms with Crippen molar-refractivity contribution in [2.75, 3.05) is 20.2 Å². The highest BCUT2D eigenvalue weighted by Gasteiger charge is 2.53. The molecule has 4 bridgehead atoms. The van der Waals surface area contributed by atoms with Crippen molar-refractivity contribution in [1.82, 2.24) is 9.47 Å². The van der Waals surface area contributed by atoms with Crippen molar-refractivity contribution in [3.05, 3.63) is 35.5 Å². The largest absolute Gasteiger partial charge is 0.377 e. The van der Waals surface area contributed by atoms with Crippen LogP contribution in [0.15, 0.2) is 24.3 Å². The number of ether oxygens (including phenoxy) is 1. The topological polar surface area (TPSA) is 17.4 Å². The maximum atomic E-state index is 6.20. The lowest BCUT2D eigenvalue weighted by molar-refractivity contribution is -0.144. The number of aromatic nitrogens is 1. The summed E-state index contributed by atoms with van der Waals surface area (Å²) in [6.45, 7) is 6.70. The van der Waals surface area contributed by atoms with Gasteiger partial charge in [0.25, 0.3) is 0 Å². The van der Waals surface area contributed by atoms with E-state index >= 15 is 0 Å². The molecule has 22 heavy (non-hydrogen) atoms. The van der Waals surface area contributed by atoms with Gasteiger partial charge in [-0.25, -0.2) is 0 Å². The van der Waals surface area contributed by atoms with E-state index < -0.39 is 0 Å². The van der Waals surface area contributed by atoms with Gasteiger partial charge in [-0.15, -0.1) is 0 Å². The summed E-state index contributed by atoms with van der Waals surface area (Å²) in [6, 6.07) is 8.94. The normalized spacial score (nSPS) is 37.3. The van der Waals surface area contributed by atoms with Crippen molar-refractivity contribution >= 4 is 10.9 Å². The zero-order valence-electron chi connectivity index (χ0n) is 13.6. The average molecular weight is 296 g/mol. The monoisotopic (exact) mass is 296 g/mol.